The molecule has 0 aromatic heterocycles. The maximum atomic E-state index is 10.7. The Labute approximate surface area is 83.3 Å². The SMILES string of the molecule is O=S([O-])c1ccc2cc(O)ccc2c1. The standard InChI is InChI=1S/C10H8O3S/c11-9-3-1-8-6-10(14(12)13)4-2-7(8)5-9/h1-6,11H,(H,12,13)/p-1. The van der Waals surface area contributed by atoms with Crippen LogP contribution in [0.3, 0.4) is 0 Å². The third kappa shape index (κ3) is 1.62. The van der Waals surface area contributed by atoms with E-state index in [2.05, 4.69) is 0 Å². The van der Waals surface area contributed by atoms with Crippen LogP contribution in [0.25, 0.3) is 10.8 Å². The smallest absolute Gasteiger partial charge is 0.116 e. The molecular weight excluding hydrogens is 200 g/mol. The van der Waals surface area contributed by atoms with Gasteiger partial charge in [0.1, 0.15) is 5.75 Å². The zero-order valence-corrected chi connectivity index (χ0v) is 7.95. The van der Waals surface area contributed by atoms with Gasteiger partial charge >= 0.3 is 0 Å². The summed E-state index contributed by atoms with van der Waals surface area (Å²) in [5.41, 5.74) is 0. The minimum Gasteiger partial charge on any atom is -0.768 e. The molecule has 2 aromatic carbocycles. The van der Waals surface area contributed by atoms with Gasteiger partial charge in [-0.25, -0.2) is 0 Å². The van der Waals surface area contributed by atoms with E-state index in [1.54, 1.807) is 24.3 Å². The van der Waals surface area contributed by atoms with Crippen LogP contribution in [0.15, 0.2) is 41.3 Å². The molecule has 0 spiro atoms. The molecule has 2 rings (SSSR count). The van der Waals surface area contributed by atoms with E-state index in [-0.39, 0.29) is 10.6 Å². The molecule has 0 bridgehead atoms. The number of benzene rings is 2. The molecule has 0 fully saturated rings. The first kappa shape index (κ1) is 9.18. The summed E-state index contributed by atoms with van der Waals surface area (Å²) in [5, 5.41) is 10.8. The number of aromatic hydroxyl groups is 1. The van der Waals surface area contributed by atoms with Crippen molar-refractivity contribution in [2.45, 2.75) is 4.90 Å². The summed E-state index contributed by atoms with van der Waals surface area (Å²) in [7, 11) is 0. The molecule has 2 aromatic rings. The van der Waals surface area contributed by atoms with Crippen molar-refractivity contribution in [3.8, 4) is 5.75 Å². The fourth-order valence-electron chi connectivity index (χ4n) is 1.31. The first-order valence-corrected chi connectivity index (χ1v) is 5.06. The molecule has 0 radical (unpaired) electrons. The number of phenolic OH excluding ortho intramolecular Hbond substituents is 1. The van der Waals surface area contributed by atoms with Crippen molar-refractivity contribution in [2.75, 3.05) is 0 Å². The van der Waals surface area contributed by atoms with Gasteiger partial charge in [0.15, 0.2) is 0 Å². The van der Waals surface area contributed by atoms with Gasteiger partial charge in [-0.2, -0.15) is 0 Å². The van der Waals surface area contributed by atoms with Crippen LogP contribution >= 0.6 is 0 Å². The minimum absolute atomic E-state index is 0.175. The van der Waals surface area contributed by atoms with Crippen molar-refractivity contribution in [2.24, 2.45) is 0 Å². The summed E-state index contributed by atoms with van der Waals surface area (Å²) in [6, 6.07) is 9.54. The van der Waals surface area contributed by atoms with E-state index in [0.29, 0.717) is 0 Å². The highest BCUT2D eigenvalue weighted by atomic mass is 32.2. The third-order valence-electron chi connectivity index (χ3n) is 1.99. The van der Waals surface area contributed by atoms with Crippen LogP contribution in [0, 0.1) is 0 Å². The van der Waals surface area contributed by atoms with Crippen molar-refractivity contribution in [3.63, 3.8) is 0 Å². The van der Waals surface area contributed by atoms with E-state index >= 15 is 0 Å². The van der Waals surface area contributed by atoms with E-state index in [1.807, 2.05) is 0 Å². The molecule has 4 heteroatoms. The van der Waals surface area contributed by atoms with Crippen molar-refractivity contribution in [1.29, 1.82) is 0 Å². The number of hydrogen-bond donors (Lipinski definition) is 1. The summed E-state index contributed by atoms with van der Waals surface area (Å²) < 4.78 is 21.3. The Kier molecular flexibility index (Phi) is 2.23. The Morgan fingerprint density at radius 1 is 1.07 bits per heavy atom. The highest BCUT2D eigenvalue weighted by Crippen LogP contribution is 2.21. The first-order chi connectivity index (χ1) is 6.66. The van der Waals surface area contributed by atoms with E-state index < -0.39 is 11.1 Å². The van der Waals surface area contributed by atoms with Gasteiger partial charge in [-0.05, 0) is 46.1 Å². The Balaban J connectivity index is 2.67. The van der Waals surface area contributed by atoms with Gasteiger partial charge in [-0.3, -0.25) is 4.21 Å². The number of rotatable bonds is 1. The third-order valence-corrected chi connectivity index (χ3v) is 2.63. The molecular formula is C10H7O3S-. The molecule has 72 valence electrons. The quantitative estimate of drug-likeness (QED) is 0.725. The van der Waals surface area contributed by atoms with Gasteiger partial charge in [0, 0.05) is 4.90 Å². The minimum atomic E-state index is -2.20. The van der Waals surface area contributed by atoms with E-state index in [1.165, 1.54) is 12.1 Å². The lowest BCUT2D eigenvalue weighted by molar-refractivity contribution is 0.476. The lowest BCUT2D eigenvalue weighted by Crippen LogP contribution is -1.87. The van der Waals surface area contributed by atoms with Crippen LogP contribution in [-0.4, -0.2) is 13.9 Å². The van der Waals surface area contributed by atoms with Gasteiger partial charge in [0.2, 0.25) is 0 Å². The molecule has 0 aliphatic heterocycles. The summed E-state index contributed by atoms with van der Waals surface area (Å²) in [6.07, 6.45) is 0. The molecule has 0 saturated heterocycles. The predicted octanol–water partition coefficient (Wildman–Crippen LogP) is 1.78. The first-order valence-electron chi connectivity index (χ1n) is 3.99. The fourth-order valence-corrected chi connectivity index (χ4v) is 1.72. The summed E-state index contributed by atoms with van der Waals surface area (Å²) >= 11 is -2.20. The second-order valence-electron chi connectivity index (χ2n) is 2.93. The molecule has 0 saturated carbocycles. The second-order valence-corrected chi connectivity index (χ2v) is 3.87. The number of phenols is 1. The summed E-state index contributed by atoms with van der Waals surface area (Å²) in [6.45, 7) is 0. The Morgan fingerprint density at radius 2 is 1.71 bits per heavy atom. The monoisotopic (exact) mass is 207 g/mol. The Morgan fingerprint density at radius 3 is 2.43 bits per heavy atom. The van der Waals surface area contributed by atoms with Crippen molar-refractivity contribution < 1.29 is 13.9 Å². The average molecular weight is 207 g/mol. The highest BCUT2D eigenvalue weighted by Gasteiger charge is 1.97. The topological polar surface area (TPSA) is 60.4 Å². The number of hydrogen-bond acceptors (Lipinski definition) is 3. The largest absolute Gasteiger partial charge is 0.768 e. The fraction of sp³-hybridized carbons (Fsp3) is 0. The molecule has 0 heterocycles. The molecule has 3 nitrogen and oxygen atoms in total. The predicted molar refractivity (Wildman–Crippen MR) is 52.8 cm³/mol. The second kappa shape index (κ2) is 3.40. The van der Waals surface area contributed by atoms with Crippen LogP contribution in [-0.2, 0) is 11.1 Å². The van der Waals surface area contributed by atoms with Gasteiger partial charge < -0.3 is 9.66 Å². The van der Waals surface area contributed by atoms with Crippen molar-refractivity contribution in [3.05, 3.63) is 36.4 Å². The normalized spacial score (nSPS) is 12.9. The van der Waals surface area contributed by atoms with Crippen LogP contribution in [0.1, 0.15) is 0 Å². The average Bonchev–Trinajstić information content (AvgIpc) is 2.16. The van der Waals surface area contributed by atoms with Crippen molar-refractivity contribution in [1.82, 2.24) is 0 Å². The van der Waals surface area contributed by atoms with Crippen LogP contribution in [0.2, 0.25) is 0 Å². The maximum Gasteiger partial charge on any atom is 0.116 e. The number of fused-ring (bicyclic) bond motifs is 1. The Hall–Kier alpha value is -1.39. The molecule has 0 aliphatic carbocycles. The van der Waals surface area contributed by atoms with Gasteiger partial charge in [0.05, 0.1) is 0 Å². The summed E-state index contributed by atoms with van der Waals surface area (Å²) in [5.74, 6) is 0.175. The van der Waals surface area contributed by atoms with Gasteiger partial charge in [-0.15, -0.1) is 0 Å². The molecule has 0 aliphatic rings. The zero-order chi connectivity index (χ0) is 10.1. The highest BCUT2D eigenvalue weighted by molar-refractivity contribution is 7.79. The zero-order valence-electron chi connectivity index (χ0n) is 7.14. The molecule has 14 heavy (non-hydrogen) atoms. The molecule has 1 unspecified atom stereocenters. The van der Waals surface area contributed by atoms with E-state index in [9.17, 15) is 13.9 Å². The molecule has 1 atom stereocenters. The lowest BCUT2D eigenvalue weighted by Gasteiger charge is -2.06. The Bertz CT molecular complexity index is 508. The lowest BCUT2D eigenvalue weighted by atomic mass is 10.1. The van der Waals surface area contributed by atoms with Crippen LogP contribution < -0.4 is 0 Å². The summed E-state index contributed by atoms with van der Waals surface area (Å²) in [4.78, 5) is 0.253. The van der Waals surface area contributed by atoms with Crippen molar-refractivity contribution >= 4 is 21.9 Å². The van der Waals surface area contributed by atoms with E-state index in [0.717, 1.165) is 10.8 Å². The molecule has 0 amide bonds. The van der Waals surface area contributed by atoms with Crippen LogP contribution in [0.5, 0.6) is 5.75 Å². The van der Waals surface area contributed by atoms with E-state index in [4.69, 9.17) is 0 Å². The van der Waals surface area contributed by atoms with Gasteiger partial charge in [-0.1, -0.05) is 12.1 Å². The van der Waals surface area contributed by atoms with Crippen LogP contribution in [0.4, 0.5) is 0 Å². The maximum absolute atomic E-state index is 10.7. The van der Waals surface area contributed by atoms with Gasteiger partial charge in [0.25, 0.3) is 0 Å². The molecule has 1 N–H and O–H groups in total.